The van der Waals surface area contributed by atoms with E-state index in [2.05, 4.69) is 40.5 Å². The van der Waals surface area contributed by atoms with Crippen LogP contribution in [0, 0.1) is 5.92 Å². The molecule has 0 amide bonds. The molecule has 2 aliphatic heterocycles. The van der Waals surface area contributed by atoms with Crippen LogP contribution in [0.15, 0.2) is 30.3 Å². The Balaban J connectivity index is 1.59. The maximum absolute atomic E-state index is 3.70. The van der Waals surface area contributed by atoms with Crippen molar-refractivity contribution in [1.82, 2.24) is 10.2 Å². The van der Waals surface area contributed by atoms with Crippen LogP contribution in [-0.2, 0) is 6.54 Å². The summed E-state index contributed by atoms with van der Waals surface area (Å²) in [7, 11) is 0. The Labute approximate surface area is 104 Å². The van der Waals surface area contributed by atoms with Crippen molar-refractivity contribution >= 4 is 0 Å². The molecule has 0 saturated carbocycles. The molecule has 2 fully saturated rings. The molecule has 17 heavy (non-hydrogen) atoms. The first-order valence-electron chi connectivity index (χ1n) is 6.91. The van der Waals surface area contributed by atoms with E-state index >= 15 is 0 Å². The molecule has 2 unspecified atom stereocenters. The van der Waals surface area contributed by atoms with Crippen LogP contribution >= 0.6 is 0 Å². The normalized spacial score (nSPS) is 29.9. The topological polar surface area (TPSA) is 15.3 Å². The lowest BCUT2D eigenvalue weighted by Gasteiger charge is -2.41. The van der Waals surface area contributed by atoms with E-state index in [1.54, 1.807) is 0 Å². The summed E-state index contributed by atoms with van der Waals surface area (Å²) in [6.07, 6.45) is 4.20. The maximum atomic E-state index is 3.70. The Hall–Kier alpha value is -0.860. The Kier molecular flexibility index (Phi) is 3.44. The number of hydrogen-bond donors (Lipinski definition) is 1. The zero-order chi connectivity index (χ0) is 11.5. The highest BCUT2D eigenvalue weighted by Crippen LogP contribution is 2.26. The highest BCUT2D eigenvalue weighted by atomic mass is 15.2. The number of rotatable bonds is 2. The van der Waals surface area contributed by atoms with Crippen LogP contribution in [0.25, 0.3) is 0 Å². The number of nitrogens with one attached hydrogen (secondary N) is 1. The van der Waals surface area contributed by atoms with Crippen molar-refractivity contribution in [2.45, 2.75) is 31.8 Å². The summed E-state index contributed by atoms with van der Waals surface area (Å²) < 4.78 is 0. The fraction of sp³-hybridized carbons (Fsp3) is 0.600. The molecule has 2 heteroatoms. The molecule has 1 aromatic carbocycles. The molecule has 0 bridgehead atoms. The van der Waals surface area contributed by atoms with Crippen molar-refractivity contribution in [3.05, 3.63) is 35.9 Å². The average Bonchev–Trinajstić information content (AvgIpc) is 2.40. The lowest BCUT2D eigenvalue weighted by Crippen LogP contribution is -2.53. The highest BCUT2D eigenvalue weighted by molar-refractivity contribution is 5.14. The summed E-state index contributed by atoms with van der Waals surface area (Å²) in [4.78, 5) is 2.61. The molecule has 2 aliphatic rings. The van der Waals surface area contributed by atoms with E-state index in [4.69, 9.17) is 0 Å². The fourth-order valence-corrected chi connectivity index (χ4v) is 3.28. The predicted octanol–water partition coefficient (Wildman–Crippen LogP) is 2.26. The lowest BCUT2D eigenvalue weighted by molar-refractivity contribution is 0.112. The molecule has 92 valence electrons. The molecule has 0 radical (unpaired) electrons. The Morgan fingerprint density at radius 3 is 2.94 bits per heavy atom. The average molecular weight is 230 g/mol. The van der Waals surface area contributed by atoms with Crippen molar-refractivity contribution in [3.63, 3.8) is 0 Å². The van der Waals surface area contributed by atoms with Crippen LogP contribution < -0.4 is 5.32 Å². The first kappa shape index (κ1) is 11.2. The second kappa shape index (κ2) is 5.19. The molecule has 3 rings (SSSR count). The van der Waals surface area contributed by atoms with E-state index < -0.39 is 0 Å². The molecule has 2 nitrogen and oxygen atoms in total. The van der Waals surface area contributed by atoms with Gasteiger partial charge in [0.25, 0.3) is 0 Å². The van der Waals surface area contributed by atoms with E-state index in [9.17, 15) is 0 Å². The number of piperidine rings is 2. The summed E-state index contributed by atoms with van der Waals surface area (Å²) in [5.41, 5.74) is 1.45. The number of benzene rings is 1. The van der Waals surface area contributed by atoms with Crippen molar-refractivity contribution in [2.24, 2.45) is 5.92 Å². The van der Waals surface area contributed by atoms with Gasteiger partial charge in [0.05, 0.1) is 0 Å². The fourth-order valence-electron chi connectivity index (χ4n) is 3.28. The highest BCUT2D eigenvalue weighted by Gasteiger charge is 2.30. The van der Waals surface area contributed by atoms with Gasteiger partial charge >= 0.3 is 0 Å². The number of hydrogen-bond acceptors (Lipinski definition) is 2. The quantitative estimate of drug-likeness (QED) is 0.838. The smallest absolute Gasteiger partial charge is 0.0234 e. The van der Waals surface area contributed by atoms with Crippen LogP contribution in [0.2, 0.25) is 0 Å². The van der Waals surface area contributed by atoms with E-state index in [1.165, 1.54) is 44.5 Å². The maximum Gasteiger partial charge on any atom is 0.0234 e. The first-order chi connectivity index (χ1) is 8.42. The summed E-state index contributed by atoms with van der Waals surface area (Å²) >= 11 is 0. The summed E-state index contributed by atoms with van der Waals surface area (Å²) in [6.45, 7) is 4.85. The summed E-state index contributed by atoms with van der Waals surface area (Å²) in [6, 6.07) is 11.6. The number of nitrogens with zero attached hydrogens (tertiary/aromatic N) is 1. The van der Waals surface area contributed by atoms with Crippen LogP contribution in [0.1, 0.15) is 24.8 Å². The standard InChI is InChI=1S/C15H22N2/c1-2-5-13(6-3-1)11-17-10-8-14-7-4-9-16-15(14)12-17/h1-3,5-6,14-16H,4,7-12H2. The zero-order valence-corrected chi connectivity index (χ0v) is 10.4. The molecular weight excluding hydrogens is 208 g/mol. The monoisotopic (exact) mass is 230 g/mol. The molecule has 0 aliphatic carbocycles. The van der Waals surface area contributed by atoms with Crippen molar-refractivity contribution in [3.8, 4) is 0 Å². The third kappa shape index (κ3) is 2.70. The van der Waals surface area contributed by atoms with Crippen molar-refractivity contribution < 1.29 is 0 Å². The van der Waals surface area contributed by atoms with Gasteiger partial charge in [-0.05, 0) is 43.8 Å². The van der Waals surface area contributed by atoms with Crippen molar-refractivity contribution in [2.75, 3.05) is 19.6 Å². The van der Waals surface area contributed by atoms with Crippen LogP contribution in [0.4, 0.5) is 0 Å². The van der Waals surface area contributed by atoms with Gasteiger partial charge in [-0.1, -0.05) is 30.3 Å². The summed E-state index contributed by atoms with van der Waals surface area (Å²) in [5.74, 6) is 0.941. The van der Waals surface area contributed by atoms with Gasteiger partial charge in [-0.2, -0.15) is 0 Å². The van der Waals surface area contributed by atoms with E-state index in [1.807, 2.05) is 0 Å². The SMILES string of the molecule is c1ccc(CN2CCC3CCCNC3C2)cc1. The van der Waals surface area contributed by atoms with E-state index in [-0.39, 0.29) is 0 Å². The molecular formula is C15H22N2. The second-order valence-electron chi connectivity index (χ2n) is 5.47. The van der Waals surface area contributed by atoms with Gasteiger partial charge in [0.2, 0.25) is 0 Å². The van der Waals surface area contributed by atoms with Crippen LogP contribution in [0.5, 0.6) is 0 Å². The zero-order valence-electron chi connectivity index (χ0n) is 10.4. The van der Waals surface area contributed by atoms with Crippen LogP contribution in [-0.4, -0.2) is 30.6 Å². The van der Waals surface area contributed by atoms with Gasteiger partial charge in [-0.3, -0.25) is 4.90 Å². The van der Waals surface area contributed by atoms with Gasteiger partial charge in [-0.15, -0.1) is 0 Å². The second-order valence-corrected chi connectivity index (χ2v) is 5.47. The molecule has 0 aromatic heterocycles. The lowest BCUT2D eigenvalue weighted by atomic mass is 9.85. The summed E-state index contributed by atoms with van der Waals surface area (Å²) in [5, 5.41) is 3.70. The third-order valence-electron chi connectivity index (χ3n) is 4.25. The Morgan fingerprint density at radius 1 is 1.18 bits per heavy atom. The number of fused-ring (bicyclic) bond motifs is 1. The van der Waals surface area contributed by atoms with Gasteiger partial charge < -0.3 is 5.32 Å². The van der Waals surface area contributed by atoms with Gasteiger partial charge in [-0.25, -0.2) is 0 Å². The van der Waals surface area contributed by atoms with Crippen molar-refractivity contribution in [1.29, 1.82) is 0 Å². The Bertz CT molecular complexity index is 349. The molecule has 1 aromatic rings. The minimum Gasteiger partial charge on any atom is -0.312 e. The predicted molar refractivity (Wildman–Crippen MR) is 70.9 cm³/mol. The van der Waals surface area contributed by atoms with Crippen LogP contribution in [0.3, 0.4) is 0 Å². The van der Waals surface area contributed by atoms with Gasteiger partial charge in [0.1, 0.15) is 0 Å². The minimum absolute atomic E-state index is 0.751. The molecule has 0 spiro atoms. The van der Waals surface area contributed by atoms with E-state index in [0.29, 0.717) is 0 Å². The molecule has 2 heterocycles. The largest absolute Gasteiger partial charge is 0.312 e. The van der Waals surface area contributed by atoms with E-state index in [0.717, 1.165) is 18.5 Å². The molecule has 2 saturated heterocycles. The minimum atomic E-state index is 0.751. The third-order valence-corrected chi connectivity index (χ3v) is 4.25. The Morgan fingerprint density at radius 2 is 2.06 bits per heavy atom. The van der Waals surface area contributed by atoms with Gasteiger partial charge in [0, 0.05) is 19.1 Å². The molecule has 2 atom stereocenters. The molecule has 1 N–H and O–H groups in total. The first-order valence-corrected chi connectivity index (χ1v) is 6.91. The number of likely N-dealkylation sites (tertiary alicyclic amines) is 1. The van der Waals surface area contributed by atoms with Gasteiger partial charge in [0.15, 0.2) is 0 Å².